The van der Waals surface area contributed by atoms with Crippen LogP contribution < -0.4 is 15.7 Å². The van der Waals surface area contributed by atoms with E-state index >= 15 is 0 Å². The van der Waals surface area contributed by atoms with Crippen LogP contribution in [-0.2, 0) is 4.57 Å². The Hall–Kier alpha value is -0.870. The minimum absolute atomic E-state index is 0.402. The molecule has 1 aromatic rings. The van der Waals surface area contributed by atoms with Gasteiger partial charge in [0.2, 0.25) is 0 Å². The van der Waals surface area contributed by atoms with Crippen LogP contribution in [-0.4, -0.2) is 24.9 Å². The molecule has 4 N–H and O–H groups in total. The zero-order valence-electron chi connectivity index (χ0n) is 8.67. The average molecular weight is 229 g/mol. The van der Waals surface area contributed by atoms with E-state index in [1.807, 2.05) is 30.3 Å². The van der Waals surface area contributed by atoms with Gasteiger partial charge in [-0.3, -0.25) is 15.6 Å². The molecule has 0 aliphatic rings. The molecule has 1 aromatic carbocycles. The molecule has 84 valence electrons. The minimum atomic E-state index is -3.12. The lowest BCUT2D eigenvalue weighted by molar-refractivity contribution is 0.286. The molecule has 0 aromatic heterocycles. The lowest BCUT2D eigenvalue weighted by Gasteiger charge is -2.20. The number of hydrogen-bond acceptors (Lipinski definition) is 2. The Morgan fingerprint density at radius 2 is 1.93 bits per heavy atom. The summed E-state index contributed by atoms with van der Waals surface area (Å²) in [6.07, 6.45) is 0. The first-order valence-corrected chi connectivity index (χ1v) is 6.36. The van der Waals surface area contributed by atoms with E-state index in [4.69, 9.17) is 15.7 Å². The Morgan fingerprint density at radius 1 is 1.33 bits per heavy atom. The molecule has 0 radical (unpaired) electrons. The lowest BCUT2D eigenvalue weighted by atomic mass is 10.3. The predicted molar refractivity (Wildman–Crippen MR) is 60.5 cm³/mol. The Morgan fingerprint density at radius 3 is 2.47 bits per heavy atom. The van der Waals surface area contributed by atoms with Crippen LogP contribution in [0.25, 0.3) is 0 Å². The molecule has 0 aliphatic carbocycles. The summed E-state index contributed by atoms with van der Waals surface area (Å²) in [5, 5.41) is 0. The van der Waals surface area contributed by atoms with E-state index in [2.05, 4.69) is 0 Å². The topological polar surface area (TPSA) is 81.6 Å². The maximum absolute atomic E-state index is 11.2. The van der Waals surface area contributed by atoms with E-state index in [1.54, 1.807) is 7.05 Å². The van der Waals surface area contributed by atoms with E-state index in [0.29, 0.717) is 13.2 Å². The molecule has 0 saturated heterocycles. The Balaban J connectivity index is 2.31. The van der Waals surface area contributed by atoms with Crippen molar-refractivity contribution in [2.45, 2.75) is 0 Å². The number of para-hydroxylation sites is 1. The van der Waals surface area contributed by atoms with Crippen molar-refractivity contribution >= 4 is 7.59 Å². The van der Waals surface area contributed by atoms with Gasteiger partial charge in [-0.15, -0.1) is 0 Å². The molecule has 1 rings (SSSR count). The summed E-state index contributed by atoms with van der Waals surface area (Å²) in [6, 6.07) is 9.38. The van der Waals surface area contributed by atoms with Crippen molar-refractivity contribution in [1.82, 2.24) is 4.67 Å². The van der Waals surface area contributed by atoms with Gasteiger partial charge in [-0.05, 0) is 19.2 Å². The van der Waals surface area contributed by atoms with Crippen molar-refractivity contribution in [3.8, 4) is 5.75 Å². The van der Waals surface area contributed by atoms with E-state index in [9.17, 15) is 4.57 Å². The molecule has 0 unspecified atom stereocenters. The molecule has 0 heterocycles. The predicted octanol–water partition coefficient (Wildman–Crippen LogP) is 1.02. The van der Waals surface area contributed by atoms with Crippen molar-refractivity contribution in [2.24, 2.45) is 11.0 Å². The molecule has 15 heavy (non-hydrogen) atoms. The fourth-order valence-electron chi connectivity index (χ4n) is 0.969. The smallest absolute Gasteiger partial charge is 0.276 e. The summed E-state index contributed by atoms with van der Waals surface area (Å²) in [7, 11) is -1.52. The zero-order chi connectivity index (χ0) is 11.3. The SMILES string of the molecule is CN(CCOc1ccccc1)P(N)(N)=O. The summed E-state index contributed by atoms with van der Waals surface area (Å²) in [6.45, 7) is 0.831. The van der Waals surface area contributed by atoms with Crippen molar-refractivity contribution in [2.75, 3.05) is 20.2 Å². The maximum Gasteiger partial charge on any atom is 0.276 e. The Labute approximate surface area is 89.5 Å². The highest BCUT2D eigenvalue weighted by molar-refractivity contribution is 7.56. The van der Waals surface area contributed by atoms with Crippen molar-refractivity contribution < 1.29 is 9.30 Å². The van der Waals surface area contributed by atoms with Gasteiger partial charge in [0.15, 0.2) is 0 Å². The highest BCUT2D eigenvalue weighted by atomic mass is 31.2. The van der Waals surface area contributed by atoms with Crippen LogP contribution in [0.4, 0.5) is 0 Å². The van der Waals surface area contributed by atoms with Gasteiger partial charge in [0, 0.05) is 6.54 Å². The highest BCUT2D eigenvalue weighted by Crippen LogP contribution is 2.28. The number of benzene rings is 1. The molecular weight excluding hydrogens is 213 g/mol. The van der Waals surface area contributed by atoms with Crippen molar-refractivity contribution in [3.63, 3.8) is 0 Å². The first-order chi connectivity index (χ1) is 7.00. The number of nitrogens with zero attached hydrogens (tertiary/aromatic N) is 1. The quantitative estimate of drug-likeness (QED) is 0.737. The van der Waals surface area contributed by atoms with Crippen molar-refractivity contribution in [1.29, 1.82) is 0 Å². The van der Waals surface area contributed by atoms with E-state index < -0.39 is 7.59 Å². The van der Waals surface area contributed by atoms with Gasteiger partial charge >= 0.3 is 0 Å². The molecule has 0 atom stereocenters. The third-order valence-electron chi connectivity index (χ3n) is 1.96. The van der Waals surface area contributed by atoms with Crippen LogP contribution in [0, 0.1) is 0 Å². The number of ether oxygens (including phenoxy) is 1. The van der Waals surface area contributed by atoms with Crippen molar-refractivity contribution in [3.05, 3.63) is 30.3 Å². The summed E-state index contributed by atoms with van der Waals surface area (Å²) in [5.41, 5.74) is 10.5. The fourth-order valence-corrected chi connectivity index (χ4v) is 1.36. The molecular formula is C9H16N3O2P. The average Bonchev–Trinajstić information content (AvgIpc) is 2.18. The largest absolute Gasteiger partial charge is 0.492 e. The fraction of sp³-hybridized carbons (Fsp3) is 0.333. The standard InChI is InChI=1S/C9H16N3O2P/c1-12(15(10,11)13)7-8-14-9-5-3-2-4-6-9/h2-6H,7-8H2,1H3,(H4,10,11,13). The Bertz CT molecular complexity index is 338. The molecule has 0 bridgehead atoms. The van der Waals surface area contributed by atoms with Gasteiger partial charge in [-0.25, -0.2) is 4.67 Å². The normalized spacial score (nSPS) is 11.7. The second-order valence-electron chi connectivity index (χ2n) is 3.22. The van der Waals surface area contributed by atoms with Crippen LogP contribution in [0.5, 0.6) is 5.75 Å². The molecule has 0 saturated carbocycles. The zero-order valence-corrected chi connectivity index (χ0v) is 9.56. The number of likely N-dealkylation sites (N-methyl/N-ethyl adjacent to an activating group) is 1. The molecule has 0 amide bonds. The number of nitrogens with two attached hydrogens (primary N) is 2. The first kappa shape index (κ1) is 12.2. The third kappa shape index (κ3) is 4.44. The molecule has 6 heteroatoms. The third-order valence-corrected chi connectivity index (χ3v) is 3.23. The van der Waals surface area contributed by atoms with Gasteiger partial charge < -0.3 is 4.74 Å². The summed E-state index contributed by atoms with van der Waals surface area (Å²) >= 11 is 0. The van der Waals surface area contributed by atoms with Crippen LogP contribution in [0.3, 0.4) is 0 Å². The molecule has 0 aliphatic heterocycles. The van der Waals surface area contributed by atoms with Gasteiger partial charge in [-0.1, -0.05) is 18.2 Å². The monoisotopic (exact) mass is 229 g/mol. The van der Waals surface area contributed by atoms with Crippen LogP contribution in [0.15, 0.2) is 30.3 Å². The van der Waals surface area contributed by atoms with Crippen LogP contribution in [0.1, 0.15) is 0 Å². The number of hydrogen-bond donors (Lipinski definition) is 2. The lowest BCUT2D eigenvalue weighted by Crippen LogP contribution is -2.28. The van der Waals surface area contributed by atoms with Gasteiger partial charge in [0.25, 0.3) is 7.59 Å². The van der Waals surface area contributed by atoms with Crippen LogP contribution in [0.2, 0.25) is 0 Å². The van der Waals surface area contributed by atoms with Gasteiger partial charge in [0.05, 0.1) is 0 Å². The first-order valence-electron chi connectivity index (χ1n) is 4.57. The van der Waals surface area contributed by atoms with Gasteiger partial charge in [-0.2, -0.15) is 0 Å². The minimum Gasteiger partial charge on any atom is -0.492 e. The summed E-state index contributed by atoms with van der Waals surface area (Å²) in [5.74, 6) is 0.773. The molecule has 0 spiro atoms. The second-order valence-corrected chi connectivity index (χ2v) is 5.24. The number of rotatable bonds is 5. The second kappa shape index (κ2) is 5.28. The summed E-state index contributed by atoms with van der Waals surface area (Å²) < 4.78 is 18.0. The summed E-state index contributed by atoms with van der Waals surface area (Å²) in [4.78, 5) is 0. The Kier molecular flexibility index (Phi) is 4.29. The van der Waals surface area contributed by atoms with E-state index in [-0.39, 0.29) is 0 Å². The maximum atomic E-state index is 11.2. The van der Waals surface area contributed by atoms with E-state index in [1.165, 1.54) is 4.67 Å². The molecule has 0 fully saturated rings. The molecule has 5 nitrogen and oxygen atoms in total. The van der Waals surface area contributed by atoms with Crippen LogP contribution >= 0.6 is 7.59 Å². The van der Waals surface area contributed by atoms with E-state index in [0.717, 1.165) is 5.75 Å². The van der Waals surface area contributed by atoms with Gasteiger partial charge in [0.1, 0.15) is 12.4 Å². The highest BCUT2D eigenvalue weighted by Gasteiger charge is 2.15.